The molecule has 0 atom stereocenters. The van der Waals surface area contributed by atoms with Crippen molar-refractivity contribution in [1.82, 2.24) is 14.8 Å². The standard InChI is InChI=1S/C30H32N4O6/c1-39-17-16-33(30(36)22-9-7-10-25(18-22)34(37)38)21-29(35)32(20-24-8-3-6-13-28(24)40-2)15-14-23-19-31-27-12-5-4-11-26(23)27/h3-13,18-19,31H,14-17,20-21H2,1-2H3. The first-order valence-electron chi connectivity index (χ1n) is 12.9. The summed E-state index contributed by atoms with van der Waals surface area (Å²) in [5.74, 6) is -0.0834. The molecule has 208 valence electrons. The number of benzene rings is 3. The Labute approximate surface area is 232 Å². The molecular formula is C30H32N4O6. The Morgan fingerprint density at radius 3 is 2.48 bits per heavy atom. The van der Waals surface area contributed by atoms with Gasteiger partial charge in [-0.25, -0.2) is 0 Å². The first-order chi connectivity index (χ1) is 19.4. The van der Waals surface area contributed by atoms with Crippen LogP contribution in [0, 0.1) is 10.1 Å². The van der Waals surface area contributed by atoms with Crippen molar-refractivity contribution in [3.63, 3.8) is 0 Å². The SMILES string of the molecule is COCCN(CC(=O)N(CCc1c[nH]c2ccccc12)Cc1ccccc1OC)C(=O)c1cccc([N+](=O)[O-])c1. The van der Waals surface area contributed by atoms with Gasteiger partial charge in [0.25, 0.3) is 11.6 Å². The molecular weight excluding hydrogens is 512 g/mol. The quantitative estimate of drug-likeness (QED) is 0.196. The van der Waals surface area contributed by atoms with Gasteiger partial charge in [0.15, 0.2) is 0 Å². The van der Waals surface area contributed by atoms with Gasteiger partial charge in [-0.2, -0.15) is 0 Å². The van der Waals surface area contributed by atoms with Crippen LogP contribution in [0.5, 0.6) is 5.75 Å². The van der Waals surface area contributed by atoms with Crippen LogP contribution in [0.1, 0.15) is 21.5 Å². The number of non-ortho nitro benzene ring substituents is 1. The lowest BCUT2D eigenvalue weighted by Crippen LogP contribution is -2.44. The minimum absolute atomic E-state index is 0.133. The van der Waals surface area contributed by atoms with Gasteiger partial charge in [0, 0.05) is 67.1 Å². The lowest BCUT2D eigenvalue weighted by Gasteiger charge is -2.28. The highest BCUT2D eigenvalue weighted by Gasteiger charge is 2.24. The van der Waals surface area contributed by atoms with Gasteiger partial charge >= 0.3 is 0 Å². The van der Waals surface area contributed by atoms with E-state index in [1.165, 1.54) is 36.3 Å². The van der Waals surface area contributed by atoms with Crippen molar-refractivity contribution in [3.8, 4) is 5.75 Å². The van der Waals surface area contributed by atoms with Crippen molar-refractivity contribution in [2.75, 3.05) is 40.5 Å². The molecule has 2 amide bonds. The first-order valence-corrected chi connectivity index (χ1v) is 12.9. The zero-order valence-electron chi connectivity index (χ0n) is 22.5. The number of para-hydroxylation sites is 2. The normalized spacial score (nSPS) is 10.8. The van der Waals surface area contributed by atoms with Gasteiger partial charge in [0.2, 0.25) is 5.91 Å². The van der Waals surface area contributed by atoms with Gasteiger partial charge < -0.3 is 24.3 Å². The predicted octanol–water partition coefficient (Wildman–Crippen LogP) is 4.44. The number of nitro groups is 1. The summed E-state index contributed by atoms with van der Waals surface area (Å²) in [6.07, 6.45) is 2.55. The number of ether oxygens (including phenoxy) is 2. The molecule has 0 unspecified atom stereocenters. The summed E-state index contributed by atoms with van der Waals surface area (Å²) in [5.41, 5.74) is 2.88. The fourth-order valence-electron chi connectivity index (χ4n) is 4.58. The molecule has 10 nitrogen and oxygen atoms in total. The molecule has 0 saturated carbocycles. The molecule has 10 heteroatoms. The van der Waals surface area contributed by atoms with E-state index in [-0.39, 0.29) is 43.4 Å². The second-order valence-electron chi connectivity index (χ2n) is 9.26. The van der Waals surface area contributed by atoms with Crippen LogP contribution < -0.4 is 4.74 Å². The molecule has 0 radical (unpaired) electrons. The van der Waals surface area contributed by atoms with Crippen LogP contribution in [0.3, 0.4) is 0 Å². The van der Waals surface area contributed by atoms with E-state index in [2.05, 4.69) is 4.98 Å². The largest absolute Gasteiger partial charge is 0.496 e. The van der Waals surface area contributed by atoms with Gasteiger partial charge in [-0.1, -0.05) is 42.5 Å². The molecule has 4 aromatic rings. The van der Waals surface area contributed by atoms with Crippen LogP contribution >= 0.6 is 0 Å². The van der Waals surface area contributed by atoms with Gasteiger partial charge in [0.05, 0.1) is 18.6 Å². The molecule has 4 rings (SSSR count). The number of methoxy groups -OCH3 is 2. The summed E-state index contributed by atoms with van der Waals surface area (Å²) in [7, 11) is 3.09. The summed E-state index contributed by atoms with van der Waals surface area (Å²) >= 11 is 0. The Balaban J connectivity index is 1.58. The smallest absolute Gasteiger partial charge is 0.270 e. The van der Waals surface area contributed by atoms with Crippen molar-refractivity contribution in [1.29, 1.82) is 0 Å². The van der Waals surface area contributed by atoms with Crippen molar-refractivity contribution in [3.05, 3.63) is 106 Å². The van der Waals surface area contributed by atoms with E-state index in [0.29, 0.717) is 18.7 Å². The Kier molecular flexibility index (Phi) is 9.48. The maximum Gasteiger partial charge on any atom is 0.270 e. The topological polar surface area (TPSA) is 118 Å². The molecule has 0 saturated heterocycles. The second-order valence-corrected chi connectivity index (χ2v) is 9.26. The number of rotatable bonds is 13. The van der Waals surface area contributed by atoms with Gasteiger partial charge in [-0.15, -0.1) is 0 Å². The number of H-pyrrole nitrogens is 1. The molecule has 0 aliphatic carbocycles. The van der Waals surface area contributed by atoms with E-state index < -0.39 is 10.8 Å². The zero-order chi connectivity index (χ0) is 28.5. The molecule has 0 aliphatic heterocycles. The van der Waals surface area contributed by atoms with Crippen LogP contribution in [0.4, 0.5) is 5.69 Å². The summed E-state index contributed by atoms with van der Waals surface area (Å²) in [6.45, 7) is 0.828. The molecule has 0 spiro atoms. The first kappa shape index (κ1) is 28.3. The zero-order valence-corrected chi connectivity index (χ0v) is 22.5. The molecule has 0 bridgehead atoms. The minimum Gasteiger partial charge on any atom is -0.496 e. The fourth-order valence-corrected chi connectivity index (χ4v) is 4.58. The minimum atomic E-state index is -0.554. The van der Waals surface area contributed by atoms with Gasteiger partial charge in [-0.3, -0.25) is 19.7 Å². The molecule has 0 fully saturated rings. The summed E-state index contributed by atoms with van der Waals surface area (Å²) < 4.78 is 10.7. The number of hydrogen-bond acceptors (Lipinski definition) is 6. The Morgan fingerprint density at radius 2 is 1.70 bits per heavy atom. The lowest BCUT2D eigenvalue weighted by atomic mass is 10.1. The predicted molar refractivity (Wildman–Crippen MR) is 151 cm³/mol. The van der Waals surface area contributed by atoms with E-state index in [9.17, 15) is 19.7 Å². The van der Waals surface area contributed by atoms with E-state index in [1.54, 1.807) is 12.0 Å². The average Bonchev–Trinajstić information content (AvgIpc) is 3.40. The van der Waals surface area contributed by atoms with Crippen molar-refractivity contribution in [2.45, 2.75) is 13.0 Å². The number of fused-ring (bicyclic) bond motifs is 1. The Hall–Kier alpha value is -4.70. The number of nitrogens with zero attached hydrogens (tertiary/aromatic N) is 3. The lowest BCUT2D eigenvalue weighted by molar-refractivity contribution is -0.384. The third-order valence-electron chi connectivity index (χ3n) is 6.71. The van der Waals surface area contributed by atoms with E-state index in [4.69, 9.17) is 9.47 Å². The average molecular weight is 545 g/mol. The molecule has 1 heterocycles. The van der Waals surface area contributed by atoms with Crippen LogP contribution in [-0.4, -0.2) is 72.0 Å². The number of amides is 2. The van der Waals surface area contributed by atoms with Crippen molar-refractivity contribution in [2.24, 2.45) is 0 Å². The van der Waals surface area contributed by atoms with Crippen LogP contribution in [0.15, 0.2) is 79.0 Å². The molecule has 3 aromatic carbocycles. The second kappa shape index (κ2) is 13.4. The fraction of sp³-hybridized carbons (Fsp3) is 0.267. The highest BCUT2D eigenvalue weighted by Crippen LogP contribution is 2.22. The van der Waals surface area contributed by atoms with E-state index >= 15 is 0 Å². The third kappa shape index (κ3) is 6.83. The summed E-state index contributed by atoms with van der Waals surface area (Å²) in [5, 5.41) is 12.3. The Morgan fingerprint density at radius 1 is 0.925 bits per heavy atom. The van der Waals surface area contributed by atoms with Crippen molar-refractivity contribution < 1.29 is 24.0 Å². The van der Waals surface area contributed by atoms with Crippen LogP contribution in [0.2, 0.25) is 0 Å². The molecule has 0 aliphatic rings. The number of nitrogens with one attached hydrogen (secondary N) is 1. The molecule has 40 heavy (non-hydrogen) atoms. The number of aromatic nitrogens is 1. The van der Waals surface area contributed by atoms with Gasteiger partial charge in [-0.05, 0) is 30.2 Å². The maximum absolute atomic E-state index is 13.8. The maximum atomic E-state index is 13.8. The highest BCUT2D eigenvalue weighted by atomic mass is 16.6. The van der Waals surface area contributed by atoms with E-state index in [1.807, 2.05) is 54.7 Å². The summed E-state index contributed by atoms with van der Waals surface area (Å²) in [6, 6.07) is 21.0. The molecule has 1 N–H and O–H groups in total. The number of hydrogen-bond donors (Lipinski definition) is 1. The number of carbonyl (C=O) groups excluding carboxylic acids is 2. The van der Waals surface area contributed by atoms with E-state index in [0.717, 1.165) is 22.0 Å². The monoisotopic (exact) mass is 544 g/mol. The highest BCUT2D eigenvalue weighted by molar-refractivity contribution is 5.97. The van der Waals surface area contributed by atoms with Crippen molar-refractivity contribution >= 4 is 28.4 Å². The Bertz CT molecular complexity index is 1480. The number of aromatic amines is 1. The molecule has 1 aromatic heterocycles. The summed E-state index contributed by atoms with van der Waals surface area (Å²) in [4.78, 5) is 44.2. The van der Waals surface area contributed by atoms with Crippen LogP contribution in [0.25, 0.3) is 10.9 Å². The number of nitro benzene ring substituents is 1. The van der Waals surface area contributed by atoms with Gasteiger partial charge in [0.1, 0.15) is 12.3 Å². The third-order valence-corrected chi connectivity index (χ3v) is 6.71. The number of carbonyl (C=O) groups is 2. The van der Waals surface area contributed by atoms with Crippen LogP contribution in [-0.2, 0) is 22.5 Å².